The van der Waals surface area contributed by atoms with E-state index in [4.69, 9.17) is 0 Å². The Morgan fingerprint density at radius 2 is 1.80 bits per heavy atom. The summed E-state index contributed by atoms with van der Waals surface area (Å²) in [5.74, 6) is -2.37. The summed E-state index contributed by atoms with van der Waals surface area (Å²) in [6.07, 6.45) is -5.11. The minimum absolute atomic E-state index is 0.158. The number of carbonyl (C=O) groups excluding carboxylic acids is 1. The maximum absolute atomic E-state index is 13.3. The molecule has 2 aromatic carbocycles. The molecule has 0 spiro atoms. The molecule has 3 aromatic rings. The highest BCUT2D eigenvalue weighted by atomic mass is 19.4. The zero-order valence-corrected chi connectivity index (χ0v) is 15.7. The fourth-order valence-corrected chi connectivity index (χ4v) is 3.38. The number of fused-ring (bicyclic) bond motifs is 1. The lowest BCUT2D eigenvalue weighted by Gasteiger charge is -2.29. The zero-order chi connectivity index (χ0) is 21.3. The molecule has 158 valence electrons. The van der Waals surface area contributed by atoms with E-state index >= 15 is 0 Å². The fraction of sp³-hybridized carbons (Fsp3) is 0.300. The number of carbonyl (C=O) groups is 1. The topological polar surface area (TPSA) is 59.4 Å². The Morgan fingerprint density at radius 1 is 1.10 bits per heavy atom. The van der Waals surface area contributed by atoms with Crippen molar-refractivity contribution < 1.29 is 27.1 Å². The average Bonchev–Trinajstić information content (AvgIpc) is 3.09. The number of rotatable bonds is 4. The molecular weight excluding hydrogens is 404 g/mol. The molecule has 1 aromatic heterocycles. The first-order valence-electron chi connectivity index (χ1n) is 9.31. The summed E-state index contributed by atoms with van der Waals surface area (Å²) >= 11 is 0. The first-order chi connectivity index (χ1) is 14.3. The van der Waals surface area contributed by atoms with Crippen LogP contribution in [0.25, 0.3) is 11.0 Å². The number of nitrogens with zero attached hydrogens (tertiary/aromatic N) is 3. The lowest BCUT2D eigenvalue weighted by atomic mass is 10.2. The number of hydrogen-bond donors (Lipinski definition) is 1. The summed E-state index contributed by atoms with van der Waals surface area (Å²) in [4.78, 5) is 17.9. The van der Waals surface area contributed by atoms with Crippen molar-refractivity contribution in [3.8, 4) is 5.75 Å². The summed E-state index contributed by atoms with van der Waals surface area (Å²) in [7, 11) is 0. The van der Waals surface area contributed by atoms with E-state index in [1.54, 1.807) is 18.2 Å². The van der Waals surface area contributed by atoms with Gasteiger partial charge in [0.2, 0.25) is 5.95 Å². The van der Waals surface area contributed by atoms with Gasteiger partial charge in [-0.1, -0.05) is 18.2 Å². The molecule has 0 aliphatic carbocycles. The number of alkyl halides is 3. The Balaban J connectivity index is 1.79. The second-order valence-electron chi connectivity index (χ2n) is 6.87. The van der Waals surface area contributed by atoms with Crippen LogP contribution in [-0.2, 0) is 11.3 Å². The summed E-state index contributed by atoms with van der Waals surface area (Å²) in [5, 5.41) is 3.23. The van der Waals surface area contributed by atoms with Gasteiger partial charge in [-0.15, -0.1) is 0 Å². The molecule has 2 heterocycles. The van der Waals surface area contributed by atoms with Crippen molar-refractivity contribution >= 4 is 23.0 Å². The van der Waals surface area contributed by atoms with E-state index in [9.17, 15) is 22.4 Å². The second-order valence-corrected chi connectivity index (χ2v) is 6.87. The van der Waals surface area contributed by atoms with Gasteiger partial charge in [0.1, 0.15) is 11.3 Å². The third kappa shape index (κ3) is 4.09. The predicted octanol–water partition coefficient (Wildman–Crippen LogP) is 3.10. The smallest absolute Gasteiger partial charge is 0.417 e. The Hall–Kier alpha value is -3.14. The molecule has 0 atom stereocenters. The van der Waals surface area contributed by atoms with Crippen LogP contribution in [0.2, 0.25) is 0 Å². The highest BCUT2D eigenvalue weighted by Gasteiger charge is 2.41. The fourth-order valence-electron chi connectivity index (χ4n) is 3.38. The standard InChI is InChI=1S/C20H18F4N4O2/c21-14-6-4-13(5-7-14)12-28-15-2-1-3-16(30-18(29)20(22,23)24)17(15)26-19(28)27-10-8-25-9-11-27/h1-7,25H,8-12H2. The number of imidazole rings is 1. The zero-order valence-electron chi connectivity index (χ0n) is 15.7. The van der Waals surface area contributed by atoms with Crippen LogP contribution in [-0.4, -0.2) is 47.9 Å². The van der Waals surface area contributed by atoms with Crippen LogP contribution < -0.4 is 15.0 Å². The van der Waals surface area contributed by atoms with Crippen molar-refractivity contribution in [2.24, 2.45) is 0 Å². The number of para-hydroxylation sites is 1. The molecule has 6 nitrogen and oxygen atoms in total. The van der Waals surface area contributed by atoms with Gasteiger partial charge >= 0.3 is 12.1 Å². The summed E-state index contributed by atoms with van der Waals surface area (Å²) in [6.45, 7) is 3.10. The van der Waals surface area contributed by atoms with Crippen LogP contribution in [0.15, 0.2) is 42.5 Å². The lowest BCUT2D eigenvalue weighted by molar-refractivity contribution is -0.189. The molecule has 30 heavy (non-hydrogen) atoms. The third-order valence-corrected chi connectivity index (χ3v) is 4.81. The molecule has 1 aliphatic heterocycles. The molecule has 4 rings (SSSR count). The summed E-state index contributed by atoms with van der Waals surface area (Å²) in [6, 6.07) is 10.4. The monoisotopic (exact) mass is 422 g/mol. The molecule has 1 aliphatic rings. The number of piperazine rings is 1. The lowest BCUT2D eigenvalue weighted by Crippen LogP contribution is -2.44. The summed E-state index contributed by atoms with van der Waals surface area (Å²) in [5.41, 5.74) is 1.47. The SMILES string of the molecule is O=C(Oc1cccc2c1nc(N1CCNCC1)n2Cc1ccc(F)cc1)C(F)(F)F. The van der Waals surface area contributed by atoms with E-state index in [0.717, 1.165) is 18.7 Å². The number of hydrogen-bond acceptors (Lipinski definition) is 5. The Morgan fingerprint density at radius 3 is 2.47 bits per heavy atom. The van der Waals surface area contributed by atoms with Gasteiger partial charge in [-0.3, -0.25) is 0 Å². The number of esters is 1. The molecule has 10 heteroatoms. The predicted molar refractivity (Wildman–Crippen MR) is 102 cm³/mol. The largest absolute Gasteiger partial charge is 0.491 e. The minimum Gasteiger partial charge on any atom is -0.417 e. The van der Waals surface area contributed by atoms with Gasteiger partial charge in [-0.2, -0.15) is 13.2 Å². The van der Waals surface area contributed by atoms with Gasteiger partial charge in [0.15, 0.2) is 5.75 Å². The van der Waals surface area contributed by atoms with E-state index in [2.05, 4.69) is 15.0 Å². The van der Waals surface area contributed by atoms with E-state index in [1.165, 1.54) is 24.3 Å². The van der Waals surface area contributed by atoms with E-state index < -0.39 is 12.1 Å². The van der Waals surface area contributed by atoms with Gasteiger partial charge in [-0.05, 0) is 29.8 Å². The van der Waals surface area contributed by atoms with Gasteiger partial charge in [0, 0.05) is 26.2 Å². The molecule has 1 N–H and O–H groups in total. The number of nitrogens with one attached hydrogen (secondary N) is 1. The van der Waals surface area contributed by atoms with Crippen LogP contribution in [0.3, 0.4) is 0 Å². The Bertz CT molecular complexity index is 1060. The van der Waals surface area contributed by atoms with Crippen LogP contribution in [0, 0.1) is 5.82 Å². The minimum atomic E-state index is -5.11. The maximum atomic E-state index is 13.3. The van der Waals surface area contributed by atoms with Crippen molar-refractivity contribution in [3.05, 3.63) is 53.8 Å². The number of anilines is 1. The molecule has 1 saturated heterocycles. The summed E-state index contributed by atoms with van der Waals surface area (Å²) < 4.78 is 57.8. The first-order valence-corrected chi connectivity index (χ1v) is 9.31. The average molecular weight is 422 g/mol. The Labute approximate surface area is 169 Å². The number of benzene rings is 2. The van der Waals surface area contributed by atoms with Crippen molar-refractivity contribution in [2.75, 3.05) is 31.1 Å². The van der Waals surface area contributed by atoms with Crippen LogP contribution in [0.5, 0.6) is 5.75 Å². The molecule has 0 radical (unpaired) electrons. The highest BCUT2D eigenvalue weighted by molar-refractivity contribution is 5.88. The first kappa shape index (κ1) is 20.1. The molecule has 0 bridgehead atoms. The van der Waals surface area contributed by atoms with E-state index in [-0.39, 0.29) is 17.1 Å². The van der Waals surface area contributed by atoms with E-state index in [0.29, 0.717) is 31.1 Å². The van der Waals surface area contributed by atoms with Gasteiger partial charge in [0.05, 0.1) is 12.1 Å². The van der Waals surface area contributed by atoms with Gasteiger partial charge in [-0.25, -0.2) is 14.2 Å². The molecule has 0 saturated carbocycles. The molecular formula is C20H18F4N4O2. The van der Waals surface area contributed by atoms with Crippen molar-refractivity contribution in [1.29, 1.82) is 0 Å². The van der Waals surface area contributed by atoms with Crippen molar-refractivity contribution in [2.45, 2.75) is 12.7 Å². The number of ether oxygens (including phenoxy) is 1. The number of halogens is 4. The van der Waals surface area contributed by atoms with E-state index in [1.807, 2.05) is 9.47 Å². The van der Waals surface area contributed by atoms with Crippen LogP contribution >= 0.6 is 0 Å². The number of aromatic nitrogens is 2. The highest BCUT2D eigenvalue weighted by Crippen LogP contribution is 2.32. The molecule has 0 amide bonds. The quantitative estimate of drug-likeness (QED) is 0.398. The van der Waals surface area contributed by atoms with Crippen molar-refractivity contribution in [1.82, 2.24) is 14.9 Å². The normalized spacial score (nSPS) is 14.9. The second kappa shape index (κ2) is 7.94. The van der Waals surface area contributed by atoms with Gasteiger partial charge in [0.25, 0.3) is 0 Å². The third-order valence-electron chi connectivity index (χ3n) is 4.81. The van der Waals surface area contributed by atoms with Crippen LogP contribution in [0.1, 0.15) is 5.56 Å². The molecule has 1 fully saturated rings. The van der Waals surface area contributed by atoms with Gasteiger partial charge < -0.3 is 19.5 Å². The van der Waals surface area contributed by atoms with Crippen molar-refractivity contribution in [3.63, 3.8) is 0 Å². The maximum Gasteiger partial charge on any atom is 0.491 e. The Kier molecular flexibility index (Phi) is 5.33. The van der Waals surface area contributed by atoms with Crippen LogP contribution in [0.4, 0.5) is 23.5 Å². The molecule has 0 unspecified atom stereocenters.